The first-order chi connectivity index (χ1) is 9.13. The second kappa shape index (κ2) is 6.55. The summed E-state index contributed by atoms with van der Waals surface area (Å²) in [7, 11) is 0. The van der Waals surface area contributed by atoms with E-state index in [4.69, 9.17) is 5.73 Å². The first-order valence-corrected chi connectivity index (χ1v) is 7.96. The van der Waals surface area contributed by atoms with Crippen LogP contribution in [0.3, 0.4) is 0 Å². The van der Waals surface area contributed by atoms with Crippen LogP contribution in [0.25, 0.3) is 0 Å². The Kier molecular flexibility index (Phi) is 5.02. The summed E-state index contributed by atoms with van der Waals surface area (Å²) in [5.41, 5.74) is 8.26. The molecule has 2 N–H and O–H groups in total. The van der Waals surface area contributed by atoms with E-state index in [0.29, 0.717) is 10.9 Å². The van der Waals surface area contributed by atoms with Gasteiger partial charge in [0.1, 0.15) is 5.82 Å². The highest BCUT2D eigenvalue weighted by Crippen LogP contribution is 2.29. The maximum Gasteiger partial charge on any atom is 0.137 e. The molecule has 1 unspecified atom stereocenters. The van der Waals surface area contributed by atoms with Crippen molar-refractivity contribution in [2.24, 2.45) is 5.73 Å². The van der Waals surface area contributed by atoms with Gasteiger partial charge < -0.3 is 5.73 Å². The van der Waals surface area contributed by atoms with Crippen molar-refractivity contribution in [3.05, 3.63) is 63.9 Å². The second-order valence-corrected chi connectivity index (χ2v) is 5.91. The Morgan fingerprint density at radius 3 is 2.68 bits per heavy atom. The molecule has 0 saturated heterocycles. The summed E-state index contributed by atoms with van der Waals surface area (Å²) < 4.78 is 14.0. The first-order valence-electron chi connectivity index (χ1n) is 5.95. The zero-order valence-corrected chi connectivity index (χ0v) is 13.0. The van der Waals surface area contributed by atoms with Crippen molar-refractivity contribution < 1.29 is 4.39 Å². The lowest BCUT2D eigenvalue weighted by Gasteiger charge is -2.16. The quantitative estimate of drug-likeness (QED) is 0.826. The average Bonchev–Trinajstić information content (AvgIpc) is 2.43. The third-order valence-electron chi connectivity index (χ3n) is 3.01. The van der Waals surface area contributed by atoms with Gasteiger partial charge in [0.2, 0.25) is 0 Å². The summed E-state index contributed by atoms with van der Waals surface area (Å²) in [5, 5.41) is 0. The highest BCUT2D eigenvalue weighted by atomic mass is 79.9. The topological polar surface area (TPSA) is 26.0 Å². The molecule has 19 heavy (non-hydrogen) atoms. The zero-order valence-electron chi connectivity index (χ0n) is 10.6. The van der Waals surface area contributed by atoms with Gasteiger partial charge in [0.15, 0.2) is 0 Å². The number of hydrogen-bond acceptors (Lipinski definition) is 2. The molecule has 0 radical (unpaired) electrons. The summed E-state index contributed by atoms with van der Waals surface area (Å²) in [6.07, 6.45) is 2.64. The maximum absolute atomic E-state index is 13.5. The zero-order chi connectivity index (χ0) is 13.8. The molecule has 0 heterocycles. The number of benzene rings is 2. The number of halogens is 2. The molecule has 0 saturated carbocycles. The van der Waals surface area contributed by atoms with Crippen LogP contribution in [0.2, 0.25) is 0 Å². The van der Waals surface area contributed by atoms with Crippen LogP contribution in [0.5, 0.6) is 0 Å². The number of hydrogen-bond donors (Lipinski definition) is 1. The van der Waals surface area contributed by atoms with Gasteiger partial charge in [-0.2, -0.15) is 0 Å². The second-order valence-electron chi connectivity index (χ2n) is 4.27. The van der Waals surface area contributed by atoms with Gasteiger partial charge in [-0.3, -0.25) is 0 Å². The molecule has 2 aromatic carbocycles. The Morgan fingerprint density at radius 2 is 1.95 bits per heavy atom. The molecule has 1 nitrogen and oxygen atoms in total. The summed E-state index contributed by atoms with van der Waals surface area (Å²) >= 11 is 4.96. The predicted molar refractivity (Wildman–Crippen MR) is 83.0 cm³/mol. The monoisotopic (exact) mass is 339 g/mol. The lowest BCUT2D eigenvalue weighted by Crippen LogP contribution is -2.14. The Morgan fingerprint density at radius 1 is 1.21 bits per heavy atom. The minimum Gasteiger partial charge on any atom is -0.324 e. The van der Waals surface area contributed by atoms with Crippen LogP contribution in [0.1, 0.15) is 17.2 Å². The molecule has 0 aliphatic rings. The fourth-order valence-corrected chi connectivity index (χ4v) is 3.12. The van der Waals surface area contributed by atoms with E-state index in [1.807, 2.05) is 30.5 Å². The molecule has 1 atom stereocenters. The lowest BCUT2D eigenvalue weighted by atomic mass is 9.99. The molecular weight excluding hydrogens is 325 g/mol. The minimum atomic E-state index is -0.247. The standard InChI is InChI=1S/C15H15BrFNS/c1-19-14-8-3-2-6-11(14)13(18)9-10-5-4-7-12(17)15(10)16/h2-8,13H,9,18H2,1H3. The highest BCUT2D eigenvalue weighted by Gasteiger charge is 2.14. The Balaban J connectivity index is 2.26. The molecule has 4 heteroatoms. The molecule has 0 bridgehead atoms. The molecule has 0 fully saturated rings. The van der Waals surface area contributed by atoms with E-state index in [1.165, 1.54) is 11.0 Å². The Labute approximate surface area is 125 Å². The van der Waals surface area contributed by atoms with Gasteiger partial charge in [-0.05, 0) is 51.9 Å². The van der Waals surface area contributed by atoms with E-state index in [0.717, 1.165) is 11.1 Å². The summed E-state index contributed by atoms with van der Waals surface area (Å²) in [6.45, 7) is 0. The average molecular weight is 340 g/mol. The molecular formula is C15H15BrFNS. The van der Waals surface area contributed by atoms with E-state index in [2.05, 4.69) is 22.0 Å². The van der Waals surface area contributed by atoms with Gasteiger partial charge in [0.05, 0.1) is 4.47 Å². The van der Waals surface area contributed by atoms with Crippen LogP contribution in [0.15, 0.2) is 51.8 Å². The van der Waals surface area contributed by atoms with Crippen LogP contribution < -0.4 is 5.73 Å². The van der Waals surface area contributed by atoms with Gasteiger partial charge in [0.25, 0.3) is 0 Å². The molecule has 100 valence electrons. The van der Waals surface area contributed by atoms with E-state index >= 15 is 0 Å². The number of rotatable bonds is 4. The van der Waals surface area contributed by atoms with Gasteiger partial charge in [0, 0.05) is 10.9 Å². The largest absolute Gasteiger partial charge is 0.324 e. The van der Waals surface area contributed by atoms with Crippen LogP contribution in [0, 0.1) is 5.82 Å². The van der Waals surface area contributed by atoms with Crippen LogP contribution in [-0.2, 0) is 6.42 Å². The predicted octanol–water partition coefficient (Wildman–Crippen LogP) is 4.55. The minimum absolute atomic E-state index is 0.137. The van der Waals surface area contributed by atoms with Gasteiger partial charge in [-0.15, -0.1) is 11.8 Å². The molecule has 0 aromatic heterocycles. The van der Waals surface area contributed by atoms with Gasteiger partial charge in [-0.1, -0.05) is 30.3 Å². The van der Waals surface area contributed by atoms with E-state index in [9.17, 15) is 4.39 Å². The first kappa shape index (κ1) is 14.6. The fourth-order valence-electron chi connectivity index (χ4n) is 2.03. The van der Waals surface area contributed by atoms with Crippen molar-refractivity contribution in [2.45, 2.75) is 17.4 Å². The van der Waals surface area contributed by atoms with E-state index in [-0.39, 0.29) is 11.9 Å². The Hall–Kier alpha value is -0.840. The van der Waals surface area contributed by atoms with E-state index in [1.54, 1.807) is 17.8 Å². The lowest BCUT2D eigenvalue weighted by molar-refractivity contribution is 0.613. The molecule has 2 rings (SSSR count). The third kappa shape index (κ3) is 3.38. The maximum atomic E-state index is 13.5. The molecule has 0 aliphatic heterocycles. The highest BCUT2D eigenvalue weighted by molar-refractivity contribution is 9.10. The third-order valence-corrected chi connectivity index (χ3v) is 4.71. The fraction of sp³-hybridized carbons (Fsp3) is 0.200. The summed E-state index contributed by atoms with van der Waals surface area (Å²) in [4.78, 5) is 1.17. The Bertz CT molecular complexity index is 574. The molecule has 2 aromatic rings. The SMILES string of the molecule is CSc1ccccc1C(N)Cc1cccc(F)c1Br. The summed E-state index contributed by atoms with van der Waals surface area (Å²) in [6, 6.07) is 13.0. The van der Waals surface area contributed by atoms with Crippen LogP contribution in [-0.4, -0.2) is 6.26 Å². The molecule has 0 aliphatic carbocycles. The van der Waals surface area contributed by atoms with Crippen molar-refractivity contribution in [1.82, 2.24) is 0 Å². The molecule has 0 spiro atoms. The number of thioether (sulfide) groups is 1. The van der Waals surface area contributed by atoms with E-state index < -0.39 is 0 Å². The molecule has 0 amide bonds. The normalized spacial score (nSPS) is 12.4. The van der Waals surface area contributed by atoms with Crippen molar-refractivity contribution in [3.63, 3.8) is 0 Å². The van der Waals surface area contributed by atoms with Crippen molar-refractivity contribution >= 4 is 27.7 Å². The summed E-state index contributed by atoms with van der Waals surface area (Å²) in [5.74, 6) is -0.247. The van der Waals surface area contributed by atoms with Crippen LogP contribution >= 0.6 is 27.7 Å². The van der Waals surface area contributed by atoms with Crippen molar-refractivity contribution in [1.29, 1.82) is 0 Å². The van der Waals surface area contributed by atoms with Gasteiger partial charge >= 0.3 is 0 Å². The van der Waals surface area contributed by atoms with Gasteiger partial charge in [-0.25, -0.2) is 4.39 Å². The number of nitrogens with two attached hydrogens (primary N) is 1. The van der Waals surface area contributed by atoms with Crippen molar-refractivity contribution in [2.75, 3.05) is 6.26 Å². The smallest absolute Gasteiger partial charge is 0.137 e. The van der Waals surface area contributed by atoms with Crippen LogP contribution in [0.4, 0.5) is 4.39 Å². The van der Waals surface area contributed by atoms with Crippen molar-refractivity contribution in [3.8, 4) is 0 Å².